The predicted octanol–water partition coefficient (Wildman–Crippen LogP) is -0.437. The average Bonchev–Trinajstić information content (AvgIpc) is 2.47. The maximum absolute atomic E-state index is 11.1. The summed E-state index contributed by atoms with van der Waals surface area (Å²) in [6.07, 6.45) is 1.80. The Balaban J connectivity index is 2.65. The fourth-order valence-electron chi connectivity index (χ4n) is 0.588. The van der Waals surface area contributed by atoms with E-state index in [1.165, 1.54) is 6.20 Å². The Labute approximate surface area is 75.8 Å². The molecule has 1 aromatic rings. The Bertz CT molecular complexity index is 297. The van der Waals surface area contributed by atoms with E-state index in [-0.39, 0.29) is 5.69 Å². The van der Waals surface area contributed by atoms with E-state index < -0.39 is 5.91 Å². The molecule has 0 saturated heterocycles. The number of amides is 2. The molecule has 0 spiro atoms. The van der Waals surface area contributed by atoms with Crippen molar-refractivity contribution < 1.29 is 9.59 Å². The first kappa shape index (κ1) is 8.72. The topological polar surface area (TPSA) is 86.9 Å². The van der Waals surface area contributed by atoms with Crippen molar-refractivity contribution in [2.45, 2.75) is 0 Å². The second-order valence-corrected chi connectivity index (χ2v) is 2.66. The van der Waals surface area contributed by atoms with Crippen LogP contribution in [-0.4, -0.2) is 22.5 Å². The van der Waals surface area contributed by atoms with Crippen LogP contribution >= 0.6 is 15.9 Å². The third kappa shape index (κ3) is 1.82. The van der Waals surface area contributed by atoms with Gasteiger partial charge in [-0.25, -0.2) is 0 Å². The number of nitrogens with one attached hydrogen (secondary N) is 3. The molecule has 0 bridgehead atoms. The molecule has 0 radical (unpaired) electrons. The Morgan fingerprint density at radius 1 is 1.75 bits per heavy atom. The number of aromatic nitrogens is 2. The van der Waals surface area contributed by atoms with Gasteiger partial charge < -0.3 is 0 Å². The van der Waals surface area contributed by atoms with Crippen molar-refractivity contribution >= 4 is 28.2 Å². The normalized spacial score (nSPS) is 9.08. The zero-order valence-electron chi connectivity index (χ0n) is 5.80. The lowest BCUT2D eigenvalue weighted by Crippen LogP contribution is -2.36. The van der Waals surface area contributed by atoms with Crippen molar-refractivity contribution in [3.8, 4) is 0 Å². The van der Waals surface area contributed by atoms with Gasteiger partial charge in [-0.15, -0.1) is 0 Å². The third-order valence-electron chi connectivity index (χ3n) is 1.06. The number of hydrazine groups is 1. The molecule has 0 atom stereocenters. The van der Waals surface area contributed by atoms with Crippen molar-refractivity contribution in [3.63, 3.8) is 0 Å². The Morgan fingerprint density at radius 2 is 2.50 bits per heavy atom. The fourth-order valence-corrected chi connectivity index (χ4v) is 0.959. The van der Waals surface area contributed by atoms with Crippen molar-refractivity contribution in [2.75, 3.05) is 0 Å². The molecule has 1 rings (SSSR count). The Kier molecular flexibility index (Phi) is 2.81. The van der Waals surface area contributed by atoms with Gasteiger partial charge in [-0.2, -0.15) is 5.10 Å². The molecule has 0 saturated carbocycles. The highest BCUT2D eigenvalue weighted by molar-refractivity contribution is 9.10. The molecular weight excluding hydrogens is 228 g/mol. The van der Waals surface area contributed by atoms with Gasteiger partial charge in [0.05, 0.1) is 10.7 Å². The Morgan fingerprint density at radius 3 is 3.00 bits per heavy atom. The minimum Gasteiger partial charge on any atom is -0.277 e. The van der Waals surface area contributed by atoms with Crippen LogP contribution in [0.1, 0.15) is 10.5 Å². The van der Waals surface area contributed by atoms with Gasteiger partial charge in [0.2, 0.25) is 6.41 Å². The summed E-state index contributed by atoms with van der Waals surface area (Å²) in [5, 5.41) is 6.05. The molecule has 12 heavy (non-hydrogen) atoms. The van der Waals surface area contributed by atoms with Crippen LogP contribution < -0.4 is 10.9 Å². The smallest absolute Gasteiger partial charge is 0.277 e. The van der Waals surface area contributed by atoms with Gasteiger partial charge >= 0.3 is 0 Å². The van der Waals surface area contributed by atoms with Crippen LogP contribution in [0.25, 0.3) is 0 Å². The van der Waals surface area contributed by atoms with Gasteiger partial charge in [0.15, 0.2) is 0 Å². The second kappa shape index (κ2) is 3.86. The molecule has 1 aromatic heterocycles. The minimum atomic E-state index is -0.466. The summed E-state index contributed by atoms with van der Waals surface area (Å²) < 4.78 is 0.535. The first-order valence-electron chi connectivity index (χ1n) is 2.94. The van der Waals surface area contributed by atoms with Crippen molar-refractivity contribution in [2.24, 2.45) is 0 Å². The van der Waals surface area contributed by atoms with E-state index in [0.29, 0.717) is 10.9 Å². The minimum absolute atomic E-state index is 0.254. The zero-order valence-corrected chi connectivity index (χ0v) is 7.38. The monoisotopic (exact) mass is 232 g/mol. The van der Waals surface area contributed by atoms with Gasteiger partial charge in [0, 0.05) is 0 Å². The number of halogens is 1. The largest absolute Gasteiger partial charge is 0.288 e. The number of hydrogen-bond donors (Lipinski definition) is 3. The number of nitrogens with zero attached hydrogens (tertiary/aromatic N) is 1. The van der Waals surface area contributed by atoms with Crippen molar-refractivity contribution in [3.05, 3.63) is 16.4 Å². The molecule has 3 N–H and O–H groups in total. The van der Waals surface area contributed by atoms with E-state index in [2.05, 4.69) is 31.6 Å². The predicted molar refractivity (Wildman–Crippen MR) is 43.0 cm³/mol. The number of carbonyl (C=O) groups is 2. The number of aromatic amines is 1. The van der Waals surface area contributed by atoms with E-state index >= 15 is 0 Å². The van der Waals surface area contributed by atoms with Crippen LogP contribution in [0.2, 0.25) is 0 Å². The molecule has 0 aliphatic heterocycles. The molecule has 0 unspecified atom stereocenters. The molecule has 1 heterocycles. The van der Waals surface area contributed by atoms with Gasteiger partial charge in [-0.05, 0) is 15.9 Å². The molecule has 0 aromatic carbocycles. The first-order valence-corrected chi connectivity index (χ1v) is 3.73. The van der Waals surface area contributed by atoms with Crippen LogP contribution in [0.4, 0.5) is 0 Å². The molecule has 0 fully saturated rings. The van der Waals surface area contributed by atoms with Gasteiger partial charge in [-0.3, -0.25) is 25.5 Å². The zero-order chi connectivity index (χ0) is 8.97. The lowest BCUT2D eigenvalue weighted by Gasteiger charge is -1.99. The van der Waals surface area contributed by atoms with Gasteiger partial charge in [0.1, 0.15) is 5.69 Å². The Hall–Kier alpha value is -1.37. The highest BCUT2D eigenvalue weighted by Gasteiger charge is 2.10. The molecule has 0 aliphatic carbocycles. The molecular formula is C5H5BrN4O2. The summed E-state index contributed by atoms with van der Waals surface area (Å²) in [6, 6.07) is 0. The lowest BCUT2D eigenvalue weighted by atomic mass is 10.4. The van der Waals surface area contributed by atoms with E-state index in [1.54, 1.807) is 0 Å². The van der Waals surface area contributed by atoms with E-state index in [4.69, 9.17) is 0 Å². The maximum Gasteiger partial charge on any atom is 0.288 e. The molecule has 6 nitrogen and oxygen atoms in total. The number of carbonyl (C=O) groups excluding carboxylic acids is 2. The van der Waals surface area contributed by atoms with Crippen LogP contribution in [0, 0.1) is 0 Å². The number of H-pyrrole nitrogens is 1. The van der Waals surface area contributed by atoms with Gasteiger partial charge in [0.25, 0.3) is 5.91 Å². The third-order valence-corrected chi connectivity index (χ3v) is 1.67. The maximum atomic E-state index is 11.1. The standard InChI is InChI=1S/C5H5BrN4O2/c6-3-1-7-9-4(3)5(12)10-8-2-11/h1-2H,(H,7,9)(H,8,11)(H,10,12). The quantitative estimate of drug-likeness (QED) is 0.488. The number of rotatable bonds is 3. The fraction of sp³-hybridized carbons (Fsp3) is 0. The van der Waals surface area contributed by atoms with E-state index in [1.807, 2.05) is 5.43 Å². The summed E-state index contributed by atoms with van der Waals surface area (Å²) in [5.74, 6) is -0.466. The average molecular weight is 233 g/mol. The van der Waals surface area contributed by atoms with E-state index in [0.717, 1.165) is 0 Å². The summed E-state index contributed by atoms with van der Waals surface area (Å²) in [4.78, 5) is 20.9. The highest BCUT2D eigenvalue weighted by Crippen LogP contribution is 2.11. The van der Waals surface area contributed by atoms with Crippen molar-refractivity contribution in [1.29, 1.82) is 0 Å². The summed E-state index contributed by atoms with van der Waals surface area (Å²) in [5.41, 5.74) is 4.39. The molecule has 0 aliphatic rings. The SMILES string of the molecule is O=CNNC(=O)c1[nH]ncc1Br. The van der Waals surface area contributed by atoms with Crippen LogP contribution in [-0.2, 0) is 4.79 Å². The summed E-state index contributed by atoms with van der Waals surface area (Å²) >= 11 is 3.09. The number of hydrogen-bond acceptors (Lipinski definition) is 3. The lowest BCUT2D eigenvalue weighted by molar-refractivity contribution is -0.110. The van der Waals surface area contributed by atoms with Gasteiger partial charge in [-0.1, -0.05) is 0 Å². The summed E-state index contributed by atoms with van der Waals surface area (Å²) in [6.45, 7) is 0. The summed E-state index contributed by atoms with van der Waals surface area (Å²) in [7, 11) is 0. The second-order valence-electron chi connectivity index (χ2n) is 1.81. The molecule has 2 amide bonds. The molecule has 7 heteroatoms. The van der Waals surface area contributed by atoms with Crippen LogP contribution in [0.3, 0.4) is 0 Å². The highest BCUT2D eigenvalue weighted by atomic mass is 79.9. The van der Waals surface area contributed by atoms with Crippen molar-refractivity contribution in [1.82, 2.24) is 21.0 Å². The van der Waals surface area contributed by atoms with Crippen LogP contribution in [0.5, 0.6) is 0 Å². The first-order chi connectivity index (χ1) is 5.75. The molecule has 64 valence electrons. The van der Waals surface area contributed by atoms with Crippen LogP contribution in [0.15, 0.2) is 10.7 Å². The van der Waals surface area contributed by atoms with E-state index in [9.17, 15) is 9.59 Å².